The predicted octanol–water partition coefficient (Wildman–Crippen LogP) is 2.58. The zero-order chi connectivity index (χ0) is 16.9. The van der Waals surface area contributed by atoms with Gasteiger partial charge in [0.05, 0.1) is 14.8 Å². The summed E-state index contributed by atoms with van der Waals surface area (Å²) in [6, 6.07) is 6.55. The lowest BCUT2D eigenvalue weighted by atomic mass is 9.74. The lowest BCUT2D eigenvalue weighted by molar-refractivity contribution is 0.123. The van der Waals surface area contributed by atoms with Gasteiger partial charge in [-0.3, -0.25) is 4.98 Å². The van der Waals surface area contributed by atoms with Gasteiger partial charge in [-0.05, 0) is 31.2 Å². The number of fused-ring (bicyclic) bond motifs is 3. The molecule has 2 atom stereocenters. The van der Waals surface area contributed by atoms with E-state index < -0.39 is 9.84 Å². The van der Waals surface area contributed by atoms with Gasteiger partial charge in [0.1, 0.15) is 11.9 Å². The highest BCUT2D eigenvalue weighted by Crippen LogP contribution is 2.47. The van der Waals surface area contributed by atoms with Crippen molar-refractivity contribution in [3.05, 3.63) is 47.2 Å². The molecule has 7 heteroatoms. The first-order valence-electron chi connectivity index (χ1n) is 7.79. The average molecular weight is 365 g/mol. The minimum Gasteiger partial charge on any atom is -0.488 e. The number of nitrogens with one attached hydrogen (secondary N) is 1. The topological polar surface area (TPSA) is 68.3 Å². The third kappa shape index (κ3) is 2.32. The highest BCUT2D eigenvalue weighted by atomic mass is 35.5. The lowest BCUT2D eigenvalue weighted by Gasteiger charge is -2.35. The van der Waals surface area contributed by atoms with Crippen molar-refractivity contribution in [2.24, 2.45) is 0 Å². The average Bonchev–Trinajstić information content (AvgIpc) is 2.86. The number of benzene rings is 1. The quantitative estimate of drug-likeness (QED) is 0.887. The fourth-order valence-electron chi connectivity index (χ4n) is 3.52. The van der Waals surface area contributed by atoms with E-state index >= 15 is 0 Å². The van der Waals surface area contributed by atoms with E-state index in [9.17, 15) is 8.42 Å². The van der Waals surface area contributed by atoms with Gasteiger partial charge in [0.15, 0.2) is 0 Å². The van der Waals surface area contributed by atoms with Crippen molar-refractivity contribution in [2.45, 2.75) is 34.7 Å². The third-order valence-electron chi connectivity index (χ3n) is 5.00. The van der Waals surface area contributed by atoms with Gasteiger partial charge in [0, 0.05) is 29.9 Å². The van der Waals surface area contributed by atoms with Crippen LogP contribution in [0, 0.1) is 0 Å². The van der Waals surface area contributed by atoms with E-state index in [2.05, 4.69) is 17.2 Å². The number of aromatic nitrogens is 1. The van der Waals surface area contributed by atoms with Gasteiger partial charge < -0.3 is 10.1 Å². The van der Waals surface area contributed by atoms with Crippen LogP contribution in [0.15, 0.2) is 46.5 Å². The smallest absolute Gasteiger partial charge is 0.208 e. The van der Waals surface area contributed by atoms with Crippen molar-refractivity contribution in [3.63, 3.8) is 0 Å². The molecule has 0 saturated carbocycles. The van der Waals surface area contributed by atoms with Crippen molar-refractivity contribution >= 4 is 21.4 Å². The summed E-state index contributed by atoms with van der Waals surface area (Å²) in [5, 5.41) is 3.62. The molecule has 2 aliphatic heterocycles. The molecule has 1 aromatic carbocycles. The van der Waals surface area contributed by atoms with E-state index in [0.29, 0.717) is 5.75 Å². The van der Waals surface area contributed by atoms with Crippen LogP contribution in [0.3, 0.4) is 0 Å². The Kier molecular flexibility index (Phi) is 3.60. The number of nitrogens with zero attached hydrogens (tertiary/aromatic N) is 1. The summed E-state index contributed by atoms with van der Waals surface area (Å²) in [6.07, 6.45) is 3.72. The second-order valence-electron chi connectivity index (χ2n) is 6.48. The van der Waals surface area contributed by atoms with Gasteiger partial charge in [-0.2, -0.15) is 0 Å². The number of piperidine rings is 1. The summed E-state index contributed by atoms with van der Waals surface area (Å²) < 4.78 is 31.7. The molecular weight excluding hydrogens is 348 g/mol. The largest absolute Gasteiger partial charge is 0.488 e. The Morgan fingerprint density at radius 2 is 2.12 bits per heavy atom. The molecule has 0 spiro atoms. The molecule has 0 radical (unpaired) electrons. The summed E-state index contributed by atoms with van der Waals surface area (Å²) in [6.45, 7) is 3.88. The Bertz CT molecular complexity index is 916. The summed E-state index contributed by atoms with van der Waals surface area (Å²) in [7, 11) is -3.68. The zero-order valence-corrected chi connectivity index (χ0v) is 14.7. The molecule has 0 aliphatic carbocycles. The molecule has 2 aliphatic rings. The van der Waals surface area contributed by atoms with E-state index in [1.54, 1.807) is 12.1 Å². The summed E-state index contributed by atoms with van der Waals surface area (Å²) in [4.78, 5) is 4.14. The van der Waals surface area contributed by atoms with Gasteiger partial charge in [-0.1, -0.05) is 24.6 Å². The van der Waals surface area contributed by atoms with Crippen LogP contribution in [0.2, 0.25) is 5.02 Å². The monoisotopic (exact) mass is 364 g/mol. The van der Waals surface area contributed by atoms with E-state index in [1.165, 1.54) is 18.5 Å². The number of ether oxygens (including phenoxy) is 1. The van der Waals surface area contributed by atoms with Crippen LogP contribution >= 0.6 is 11.6 Å². The van der Waals surface area contributed by atoms with E-state index in [4.69, 9.17) is 16.3 Å². The van der Waals surface area contributed by atoms with Gasteiger partial charge in [-0.25, -0.2) is 8.42 Å². The van der Waals surface area contributed by atoms with Gasteiger partial charge in [0.2, 0.25) is 9.84 Å². The molecule has 2 unspecified atom stereocenters. The van der Waals surface area contributed by atoms with Gasteiger partial charge >= 0.3 is 0 Å². The van der Waals surface area contributed by atoms with Crippen LogP contribution in [0.5, 0.6) is 5.75 Å². The number of hydrogen-bond donors (Lipinski definition) is 1. The maximum absolute atomic E-state index is 12.8. The Morgan fingerprint density at radius 1 is 1.29 bits per heavy atom. The number of rotatable bonds is 2. The molecule has 1 N–H and O–H groups in total. The van der Waals surface area contributed by atoms with Crippen LogP contribution in [-0.4, -0.2) is 32.6 Å². The molecule has 1 saturated heterocycles. The molecule has 3 heterocycles. The maximum atomic E-state index is 12.8. The van der Waals surface area contributed by atoms with Crippen molar-refractivity contribution in [1.82, 2.24) is 10.3 Å². The van der Waals surface area contributed by atoms with Crippen LogP contribution in [-0.2, 0) is 15.3 Å². The fraction of sp³-hybridized carbons (Fsp3) is 0.353. The summed E-state index contributed by atoms with van der Waals surface area (Å²) in [5.74, 6) is 0.655. The zero-order valence-electron chi connectivity index (χ0n) is 13.1. The maximum Gasteiger partial charge on any atom is 0.208 e. The molecule has 0 bridgehead atoms. The molecule has 0 amide bonds. The number of halogens is 1. The SMILES string of the molecule is CC12CCNCC1Oc1cc(S(=O)(=O)c3cncc(Cl)c3)ccc12. The standard InChI is InChI=1S/C17H17ClN2O3S/c1-17-4-5-19-10-16(17)23-15-7-12(2-3-14(15)17)24(21,22)13-6-11(18)8-20-9-13/h2-3,6-9,16,19H,4-5,10H2,1H3. The molecule has 4 rings (SSSR count). The minimum absolute atomic E-state index is 0.0343. The molecule has 2 aromatic rings. The second-order valence-corrected chi connectivity index (χ2v) is 8.86. The highest BCUT2D eigenvalue weighted by Gasteiger charge is 2.46. The predicted molar refractivity (Wildman–Crippen MR) is 90.4 cm³/mol. The molecule has 126 valence electrons. The fourth-order valence-corrected chi connectivity index (χ4v) is 5.02. The molecule has 1 fully saturated rings. The van der Waals surface area contributed by atoms with Crippen LogP contribution in [0.1, 0.15) is 18.9 Å². The first-order chi connectivity index (χ1) is 11.4. The van der Waals surface area contributed by atoms with Crippen LogP contribution in [0.4, 0.5) is 0 Å². The van der Waals surface area contributed by atoms with Crippen molar-refractivity contribution in [3.8, 4) is 5.75 Å². The van der Waals surface area contributed by atoms with Crippen molar-refractivity contribution in [1.29, 1.82) is 0 Å². The van der Waals surface area contributed by atoms with Gasteiger partial charge in [0.25, 0.3) is 0 Å². The molecule has 24 heavy (non-hydrogen) atoms. The van der Waals surface area contributed by atoms with Crippen molar-refractivity contribution < 1.29 is 13.2 Å². The van der Waals surface area contributed by atoms with E-state index in [1.807, 2.05) is 6.07 Å². The first kappa shape index (κ1) is 15.9. The van der Waals surface area contributed by atoms with Crippen LogP contribution < -0.4 is 10.1 Å². The third-order valence-corrected chi connectivity index (χ3v) is 6.92. The van der Waals surface area contributed by atoms with E-state index in [0.717, 1.165) is 25.1 Å². The number of pyridine rings is 1. The number of hydrogen-bond acceptors (Lipinski definition) is 5. The van der Waals surface area contributed by atoms with Crippen LogP contribution in [0.25, 0.3) is 0 Å². The number of sulfone groups is 1. The summed E-state index contributed by atoms with van der Waals surface area (Å²) in [5.41, 5.74) is 1.01. The molecular formula is C17H17ClN2O3S. The Balaban J connectivity index is 1.78. The Labute approximate surface area is 145 Å². The van der Waals surface area contributed by atoms with Gasteiger partial charge in [-0.15, -0.1) is 0 Å². The second kappa shape index (κ2) is 5.44. The first-order valence-corrected chi connectivity index (χ1v) is 9.65. The highest BCUT2D eigenvalue weighted by molar-refractivity contribution is 7.91. The minimum atomic E-state index is -3.68. The van der Waals surface area contributed by atoms with E-state index in [-0.39, 0.29) is 26.3 Å². The summed E-state index contributed by atoms with van der Waals surface area (Å²) >= 11 is 5.87. The normalized spacial score (nSPS) is 25.7. The van der Waals surface area contributed by atoms with Crippen molar-refractivity contribution in [2.75, 3.05) is 13.1 Å². The Morgan fingerprint density at radius 3 is 2.92 bits per heavy atom. The lowest BCUT2D eigenvalue weighted by Crippen LogP contribution is -2.49. The molecule has 1 aromatic heterocycles. The Hall–Kier alpha value is -1.63. The molecule has 5 nitrogen and oxygen atoms in total.